The lowest BCUT2D eigenvalue weighted by atomic mass is 10.2. The summed E-state index contributed by atoms with van der Waals surface area (Å²) in [6.07, 6.45) is 6.81. The second-order valence-electron chi connectivity index (χ2n) is 10.9. The molecule has 0 aliphatic heterocycles. The third-order valence-electron chi connectivity index (χ3n) is 7.11. The molecule has 0 saturated heterocycles. The molecular weight excluding hydrogens is 596 g/mol. The van der Waals surface area contributed by atoms with Gasteiger partial charge in [0.15, 0.2) is 0 Å². The fourth-order valence-electron chi connectivity index (χ4n) is 4.34. The number of ether oxygens (including phenoxy) is 6. The lowest BCUT2D eigenvalue weighted by Gasteiger charge is -2.10. The second kappa shape index (κ2) is 19.5. The number of rotatable bonds is 20. The van der Waals surface area contributed by atoms with Crippen molar-refractivity contribution in [1.29, 1.82) is 0 Å². The van der Waals surface area contributed by atoms with Crippen molar-refractivity contribution in [2.75, 3.05) is 26.4 Å². The van der Waals surface area contributed by atoms with Crippen LogP contribution in [0.2, 0.25) is 0 Å². The van der Waals surface area contributed by atoms with Gasteiger partial charge in [0.05, 0.1) is 37.6 Å². The summed E-state index contributed by atoms with van der Waals surface area (Å²) in [4.78, 5) is 24.9. The zero-order valence-electron chi connectivity index (χ0n) is 27.3. The van der Waals surface area contributed by atoms with Gasteiger partial charge in [-0.25, -0.2) is 9.59 Å². The van der Waals surface area contributed by atoms with E-state index in [1.54, 1.807) is 97.1 Å². The molecule has 0 saturated carbocycles. The molecule has 0 aromatic heterocycles. The van der Waals surface area contributed by atoms with Crippen molar-refractivity contribution in [1.82, 2.24) is 0 Å². The van der Waals surface area contributed by atoms with Gasteiger partial charge < -0.3 is 28.4 Å². The number of benzene rings is 4. The standard InChI is InChI=1S/C39H44O8/c1-3-5-26-42-32-14-10-30(11-15-32)38(40)46-36-22-18-34(19-23-36)44-28-8-7-9-29-45-35-20-24-37(25-21-35)47-39(41)31-12-16-33(17-13-31)43-27-6-4-2/h10-25H,3-9,26-29H2,1-2H3. The largest absolute Gasteiger partial charge is 0.494 e. The topological polar surface area (TPSA) is 89.5 Å². The van der Waals surface area contributed by atoms with Crippen LogP contribution < -0.4 is 28.4 Å². The summed E-state index contributed by atoms with van der Waals surface area (Å²) >= 11 is 0. The first-order valence-electron chi connectivity index (χ1n) is 16.4. The minimum atomic E-state index is -0.425. The third-order valence-corrected chi connectivity index (χ3v) is 7.11. The first kappa shape index (κ1) is 34.9. The molecule has 0 spiro atoms. The van der Waals surface area contributed by atoms with Gasteiger partial charge in [-0.3, -0.25) is 0 Å². The van der Waals surface area contributed by atoms with E-state index >= 15 is 0 Å². The number of hydrogen-bond acceptors (Lipinski definition) is 8. The fourth-order valence-corrected chi connectivity index (χ4v) is 4.34. The van der Waals surface area contributed by atoms with Crippen molar-refractivity contribution in [3.63, 3.8) is 0 Å². The summed E-state index contributed by atoms with van der Waals surface area (Å²) in [6.45, 7) is 6.68. The average Bonchev–Trinajstić information content (AvgIpc) is 3.10. The van der Waals surface area contributed by atoms with Crippen molar-refractivity contribution in [3.8, 4) is 34.5 Å². The molecule has 0 N–H and O–H groups in total. The Morgan fingerprint density at radius 1 is 0.383 bits per heavy atom. The summed E-state index contributed by atoms with van der Waals surface area (Å²) in [5.74, 6) is 2.95. The lowest BCUT2D eigenvalue weighted by Crippen LogP contribution is -2.08. The van der Waals surface area contributed by atoms with Crippen LogP contribution in [0.5, 0.6) is 34.5 Å². The highest BCUT2D eigenvalue weighted by Crippen LogP contribution is 2.22. The summed E-state index contributed by atoms with van der Waals surface area (Å²) in [6, 6.07) is 28.0. The Kier molecular flexibility index (Phi) is 14.5. The molecule has 8 nitrogen and oxygen atoms in total. The van der Waals surface area contributed by atoms with Gasteiger partial charge in [0, 0.05) is 0 Å². The van der Waals surface area contributed by atoms with Crippen molar-refractivity contribution in [2.45, 2.75) is 58.8 Å². The normalized spacial score (nSPS) is 10.6. The van der Waals surface area contributed by atoms with Gasteiger partial charge in [-0.15, -0.1) is 0 Å². The Morgan fingerprint density at radius 2 is 0.660 bits per heavy atom. The number of unbranched alkanes of at least 4 members (excludes halogenated alkanes) is 4. The van der Waals surface area contributed by atoms with Crippen molar-refractivity contribution < 1.29 is 38.0 Å². The number of carbonyl (C=O) groups excluding carboxylic acids is 2. The second-order valence-corrected chi connectivity index (χ2v) is 10.9. The summed E-state index contributed by atoms with van der Waals surface area (Å²) in [5, 5.41) is 0. The maximum Gasteiger partial charge on any atom is 0.343 e. The molecular formula is C39H44O8. The molecule has 0 fully saturated rings. The molecule has 0 unspecified atom stereocenters. The lowest BCUT2D eigenvalue weighted by molar-refractivity contribution is 0.0725. The Balaban J connectivity index is 1.07. The Hall–Kier alpha value is -4.98. The van der Waals surface area contributed by atoms with Gasteiger partial charge in [0.25, 0.3) is 0 Å². The molecule has 0 heterocycles. The molecule has 0 atom stereocenters. The Labute approximate surface area is 277 Å². The van der Waals surface area contributed by atoms with Crippen LogP contribution in [-0.4, -0.2) is 38.4 Å². The molecule has 8 heteroatoms. The highest BCUT2D eigenvalue weighted by atomic mass is 16.5. The number of esters is 2. The smallest absolute Gasteiger partial charge is 0.343 e. The van der Waals surface area contributed by atoms with Crippen LogP contribution in [-0.2, 0) is 0 Å². The van der Waals surface area contributed by atoms with E-state index in [2.05, 4.69) is 13.8 Å². The van der Waals surface area contributed by atoms with Gasteiger partial charge in [-0.2, -0.15) is 0 Å². The van der Waals surface area contributed by atoms with E-state index in [1.807, 2.05) is 0 Å². The van der Waals surface area contributed by atoms with Gasteiger partial charge in [-0.05, 0) is 129 Å². The summed E-state index contributed by atoms with van der Waals surface area (Å²) in [5.41, 5.74) is 0.919. The Morgan fingerprint density at radius 3 is 0.979 bits per heavy atom. The van der Waals surface area contributed by atoms with Gasteiger partial charge in [-0.1, -0.05) is 26.7 Å². The van der Waals surface area contributed by atoms with E-state index in [9.17, 15) is 9.59 Å². The van der Waals surface area contributed by atoms with Gasteiger partial charge >= 0.3 is 11.9 Å². The summed E-state index contributed by atoms with van der Waals surface area (Å²) < 4.78 is 33.9. The van der Waals surface area contributed by atoms with Gasteiger partial charge in [0.1, 0.15) is 34.5 Å². The van der Waals surface area contributed by atoms with Crippen LogP contribution in [0.4, 0.5) is 0 Å². The molecule has 248 valence electrons. The monoisotopic (exact) mass is 640 g/mol. The Bertz CT molecular complexity index is 1370. The zero-order valence-corrected chi connectivity index (χ0v) is 27.3. The number of hydrogen-bond donors (Lipinski definition) is 0. The molecule has 4 rings (SSSR count). The fraction of sp³-hybridized carbons (Fsp3) is 0.333. The van der Waals surface area contributed by atoms with Gasteiger partial charge in [0.2, 0.25) is 0 Å². The van der Waals surface area contributed by atoms with Crippen LogP contribution in [0.1, 0.15) is 79.5 Å². The highest BCUT2D eigenvalue weighted by Gasteiger charge is 2.11. The number of carbonyl (C=O) groups is 2. The molecule has 4 aromatic carbocycles. The average molecular weight is 641 g/mol. The van der Waals surface area contributed by atoms with Crippen molar-refractivity contribution in [3.05, 3.63) is 108 Å². The van der Waals surface area contributed by atoms with E-state index in [0.29, 0.717) is 60.6 Å². The molecule has 47 heavy (non-hydrogen) atoms. The first-order chi connectivity index (χ1) is 23.0. The quantitative estimate of drug-likeness (QED) is 0.0537. The zero-order chi connectivity index (χ0) is 33.1. The van der Waals surface area contributed by atoms with Crippen molar-refractivity contribution >= 4 is 11.9 Å². The van der Waals surface area contributed by atoms with E-state index in [4.69, 9.17) is 28.4 Å². The highest BCUT2D eigenvalue weighted by molar-refractivity contribution is 5.91. The molecule has 0 radical (unpaired) electrons. The maximum atomic E-state index is 12.5. The predicted molar refractivity (Wildman–Crippen MR) is 181 cm³/mol. The minimum Gasteiger partial charge on any atom is -0.494 e. The van der Waals surface area contributed by atoms with Crippen LogP contribution in [0.15, 0.2) is 97.1 Å². The summed E-state index contributed by atoms with van der Waals surface area (Å²) in [7, 11) is 0. The molecule has 0 amide bonds. The third kappa shape index (κ3) is 12.4. The van der Waals surface area contributed by atoms with E-state index in [-0.39, 0.29) is 0 Å². The minimum absolute atomic E-state index is 0.425. The predicted octanol–water partition coefficient (Wildman–Crippen LogP) is 9.11. The van der Waals surface area contributed by atoms with Crippen LogP contribution in [0.25, 0.3) is 0 Å². The van der Waals surface area contributed by atoms with Crippen molar-refractivity contribution in [2.24, 2.45) is 0 Å². The SMILES string of the molecule is CCCCOc1ccc(C(=O)Oc2ccc(OCCCCCOc3ccc(OC(=O)c4ccc(OCCCC)cc4)cc3)cc2)cc1. The first-order valence-corrected chi connectivity index (χ1v) is 16.4. The van der Waals surface area contributed by atoms with Crippen LogP contribution in [0.3, 0.4) is 0 Å². The molecule has 4 aromatic rings. The van der Waals surface area contributed by atoms with E-state index < -0.39 is 11.9 Å². The van der Waals surface area contributed by atoms with E-state index in [0.717, 1.165) is 56.4 Å². The molecule has 0 bridgehead atoms. The van der Waals surface area contributed by atoms with Crippen LogP contribution in [0, 0.1) is 0 Å². The maximum absolute atomic E-state index is 12.5. The molecule has 0 aliphatic rings. The van der Waals surface area contributed by atoms with E-state index in [1.165, 1.54) is 0 Å². The molecule has 0 aliphatic carbocycles. The van der Waals surface area contributed by atoms with Crippen LogP contribution >= 0.6 is 0 Å².